The Balaban J connectivity index is 1.81. The van der Waals surface area contributed by atoms with Crippen molar-refractivity contribution < 1.29 is 32.7 Å². The Morgan fingerprint density at radius 2 is 1.93 bits per heavy atom. The van der Waals surface area contributed by atoms with E-state index < -0.39 is 12.6 Å². The van der Waals surface area contributed by atoms with E-state index in [1.165, 1.54) is 19.6 Å². The molecule has 1 aromatic rings. The highest BCUT2D eigenvalue weighted by Crippen LogP contribution is 2.29. The van der Waals surface area contributed by atoms with E-state index in [1.807, 2.05) is 0 Å². The number of benzene rings is 1. The van der Waals surface area contributed by atoms with Gasteiger partial charge in [0, 0.05) is 11.6 Å². The van der Waals surface area contributed by atoms with E-state index in [-0.39, 0.29) is 30.0 Å². The summed E-state index contributed by atoms with van der Waals surface area (Å²) in [6, 6.07) is 4.31. The summed E-state index contributed by atoms with van der Waals surface area (Å²) in [6.45, 7) is -2.39. The smallest absolute Gasteiger partial charge is 0.387 e. The molecule has 0 bridgehead atoms. The number of likely N-dealkylation sites (N-methyl/N-ethyl adjacent to an activating group) is 1. The van der Waals surface area contributed by atoms with Crippen LogP contribution < -0.4 is 25.0 Å². The van der Waals surface area contributed by atoms with Gasteiger partial charge >= 0.3 is 12.6 Å². The van der Waals surface area contributed by atoms with Gasteiger partial charge < -0.3 is 19.7 Å². The summed E-state index contributed by atoms with van der Waals surface area (Å²) in [5.74, 6) is -0.228. The molecular formula is C19H28F2N3O4+. The van der Waals surface area contributed by atoms with E-state index in [4.69, 9.17) is 4.74 Å². The predicted octanol–water partition coefficient (Wildman–Crippen LogP) is 1.47. The van der Waals surface area contributed by atoms with Crippen molar-refractivity contribution in [3.05, 3.63) is 23.8 Å². The summed E-state index contributed by atoms with van der Waals surface area (Å²) < 4.78 is 34.2. The molecule has 2 rings (SSSR count). The van der Waals surface area contributed by atoms with Gasteiger partial charge in [-0.15, -0.1) is 0 Å². The van der Waals surface area contributed by atoms with Crippen molar-refractivity contribution in [3.63, 3.8) is 0 Å². The summed E-state index contributed by atoms with van der Waals surface area (Å²) in [6.07, 6.45) is 5.26. The first kappa shape index (κ1) is 21.9. The lowest BCUT2D eigenvalue weighted by Crippen LogP contribution is -3.09. The highest BCUT2D eigenvalue weighted by atomic mass is 19.3. The topological polar surface area (TPSA) is 81.1 Å². The number of urea groups is 1. The lowest BCUT2D eigenvalue weighted by atomic mass is 9.96. The zero-order chi connectivity index (χ0) is 20.5. The molecule has 9 heteroatoms. The second-order valence-electron chi connectivity index (χ2n) is 7.03. The van der Waals surface area contributed by atoms with E-state index in [0.717, 1.165) is 36.1 Å². The summed E-state index contributed by atoms with van der Waals surface area (Å²) in [4.78, 5) is 24.8. The molecule has 28 heavy (non-hydrogen) atoms. The second kappa shape index (κ2) is 10.8. The van der Waals surface area contributed by atoms with Crippen molar-refractivity contribution >= 4 is 11.9 Å². The molecule has 0 radical (unpaired) electrons. The lowest BCUT2D eigenvalue weighted by Gasteiger charge is -2.22. The average Bonchev–Trinajstić information content (AvgIpc) is 2.62. The van der Waals surface area contributed by atoms with Gasteiger partial charge in [0.15, 0.2) is 18.0 Å². The van der Waals surface area contributed by atoms with Crippen molar-refractivity contribution in [1.82, 2.24) is 10.6 Å². The van der Waals surface area contributed by atoms with Gasteiger partial charge in [-0.2, -0.15) is 8.78 Å². The van der Waals surface area contributed by atoms with E-state index >= 15 is 0 Å². The van der Waals surface area contributed by atoms with Crippen molar-refractivity contribution in [2.75, 3.05) is 20.7 Å². The number of imide groups is 1. The number of nitrogens with one attached hydrogen (secondary N) is 3. The van der Waals surface area contributed by atoms with Crippen molar-refractivity contribution in [3.8, 4) is 11.5 Å². The molecule has 1 aromatic carbocycles. The monoisotopic (exact) mass is 400 g/mol. The molecule has 3 amide bonds. The minimum absolute atomic E-state index is 0.0453. The maximum absolute atomic E-state index is 12.4. The van der Waals surface area contributed by atoms with E-state index in [0.29, 0.717) is 6.54 Å². The number of carbonyl (C=O) groups is 2. The summed E-state index contributed by atoms with van der Waals surface area (Å²) in [7, 11) is 3.17. The third-order valence-corrected chi connectivity index (χ3v) is 4.61. The Hall–Kier alpha value is -2.42. The molecule has 1 aliphatic rings. The first-order valence-electron chi connectivity index (χ1n) is 9.40. The zero-order valence-corrected chi connectivity index (χ0v) is 16.2. The predicted molar refractivity (Wildman–Crippen MR) is 98.6 cm³/mol. The number of ether oxygens (including phenoxy) is 2. The second-order valence-corrected chi connectivity index (χ2v) is 7.03. The largest absolute Gasteiger partial charge is 0.493 e. The molecule has 0 spiro atoms. The van der Waals surface area contributed by atoms with Crippen molar-refractivity contribution in [2.45, 2.75) is 51.3 Å². The molecule has 1 aliphatic carbocycles. The Kier molecular flexibility index (Phi) is 8.43. The van der Waals surface area contributed by atoms with Gasteiger partial charge in [0.05, 0.1) is 14.2 Å². The fourth-order valence-electron chi connectivity index (χ4n) is 3.34. The maximum atomic E-state index is 12.4. The fourth-order valence-corrected chi connectivity index (χ4v) is 3.34. The number of rotatable bonds is 8. The molecule has 1 atom stereocenters. The molecule has 7 nitrogen and oxygen atoms in total. The van der Waals surface area contributed by atoms with Crippen LogP contribution in [0, 0.1) is 0 Å². The van der Waals surface area contributed by atoms with Crippen molar-refractivity contribution in [2.24, 2.45) is 0 Å². The number of alkyl halides is 2. The van der Waals surface area contributed by atoms with E-state index in [1.54, 1.807) is 19.2 Å². The average molecular weight is 400 g/mol. The van der Waals surface area contributed by atoms with E-state index in [2.05, 4.69) is 15.4 Å². The maximum Gasteiger partial charge on any atom is 0.387 e. The summed E-state index contributed by atoms with van der Waals surface area (Å²) in [5, 5.41) is 5.20. The number of carbonyl (C=O) groups excluding carboxylic acids is 2. The van der Waals surface area contributed by atoms with Gasteiger partial charge in [-0.3, -0.25) is 10.1 Å². The standard InChI is InChI=1S/C19H27F2N3O4/c1-24(11-13-8-9-15(28-18(20)21)16(10-13)27-2)12-17(25)23-19(26)22-14-6-4-3-5-7-14/h8-10,14,18H,3-7,11-12H2,1-2H3,(H2,22,23,25,26)/p+1. The summed E-state index contributed by atoms with van der Waals surface area (Å²) >= 11 is 0. The number of quaternary nitrogens is 1. The van der Waals surface area contributed by atoms with Gasteiger partial charge in [0.1, 0.15) is 6.54 Å². The van der Waals surface area contributed by atoms with Crippen LogP contribution in [0.5, 0.6) is 11.5 Å². The first-order valence-corrected chi connectivity index (χ1v) is 9.40. The summed E-state index contributed by atoms with van der Waals surface area (Å²) in [5.41, 5.74) is 0.787. The van der Waals surface area contributed by atoms with Crippen LogP contribution in [0.2, 0.25) is 0 Å². The first-order chi connectivity index (χ1) is 13.4. The number of halogens is 2. The van der Waals surface area contributed by atoms with Crippen LogP contribution in [0.25, 0.3) is 0 Å². The molecule has 1 saturated carbocycles. The third-order valence-electron chi connectivity index (χ3n) is 4.61. The lowest BCUT2D eigenvalue weighted by molar-refractivity contribution is -0.885. The number of hydrogen-bond acceptors (Lipinski definition) is 4. The molecule has 0 saturated heterocycles. The Morgan fingerprint density at radius 3 is 2.57 bits per heavy atom. The number of amides is 3. The molecule has 1 unspecified atom stereocenters. The van der Waals surface area contributed by atoms with Gasteiger partial charge in [-0.05, 0) is 31.0 Å². The molecule has 0 aliphatic heterocycles. The van der Waals surface area contributed by atoms with Gasteiger partial charge in [-0.25, -0.2) is 4.79 Å². The minimum Gasteiger partial charge on any atom is -0.493 e. The minimum atomic E-state index is -2.93. The van der Waals surface area contributed by atoms with Crippen LogP contribution in [-0.4, -0.2) is 45.3 Å². The van der Waals surface area contributed by atoms with Gasteiger partial charge in [0.25, 0.3) is 5.91 Å². The molecule has 3 N–H and O–H groups in total. The fraction of sp³-hybridized carbons (Fsp3) is 0.579. The Labute approximate surface area is 163 Å². The van der Waals surface area contributed by atoms with Crippen LogP contribution >= 0.6 is 0 Å². The van der Waals surface area contributed by atoms with Crippen LogP contribution in [0.4, 0.5) is 13.6 Å². The van der Waals surface area contributed by atoms with Crippen LogP contribution in [0.15, 0.2) is 18.2 Å². The highest BCUT2D eigenvalue weighted by Gasteiger charge is 2.19. The van der Waals surface area contributed by atoms with Gasteiger partial charge in [0.2, 0.25) is 0 Å². The molecule has 156 valence electrons. The highest BCUT2D eigenvalue weighted by molar-refractivity contribution is 5.94. The quantitative estimate of drug-likeness (QED) is 0.617. The molecule has 1 fully saturated rings. The number of hydrogen-bond donors (Lipinski definition) is 3. The van der Waals surface area contributed by atoms with Crippen LogP contribution in [-0.2, 0) is 11.3 Å². The molecular weight excluding hydrogens is 372 g/mol. The van der Waals surface area contributed by atoms with Gasteiger partial charge in [-0.1, -0.05) is 19.3 Å². The van der Waals surface area contributed by atoms with Crippen LogP contribution in [0.1, 0.15) is 37.7 Å². The molecule has 0 aromatic heterocycles. The van der Waals surface area contributed by atoms with Crippen LogP contribution in [0.3, 0.4) is 0 Å². The van der Waals surface area contributed by atoms with E-state index in [9.17, 15) is 18.4 Å². The SMILES string of the molecule is COc1cc(C[NH+](C)CC(=O)NC(=O)NC2CCCCC2)ccc1OC(F)F. The zero-order valence-electron chi connectivity index (χ0n) is 16.2. The Bertz CT molecular complexity index is 667. The Morgan fingerprint density at radius 1 is 1.21 bits per heavy atom. The normalized spacial score (nSPS) is 15.8. The third kappa shape index (κ3) is 7.30. The molecule has 0 heterocycles. The van der Waals surface area contributed by atoms with Crippen molar-refractivity contribution in [1.29, 1.82) is 0 Å². The number of methoxy groups -OCH3 is 1.